The number of ether oxygens (including phenoxy) is 1. The molecule has 0 bridgehead atoms. The summed E-state index contributed by atoms with van der Waals surface area (Å²) in [6, 6.07) is 14.1. The highest BCUT2D eigenvalue weighted by Gasteiger charge is 2.30. The van der Waals surface area contributed by atoms with Crippen LogP contribution < -0.4 is 4.74 Å². The quantitative estimate of drug-likeness (QED) is 0.521. The number of piperazine rings is 1. The molecule has 33 heavy (non-hydrogen) atoms. The number of alkyl halides is 3. The van der Waals surface area contributed by atoms with E-state index < -0.39 is 11.7 Å². The first-order valence-electron chi connectivity index (χ1n) is 10.4. The maximum absolute atomic E-state index is 12.9. The maximum Gasteiger partial charge on any atom is 0.416 e. The smallest absolute Gasteiger partial charge is 0.416 e. The average Bonchev–Trinajstić information content (AvgIpc) is 3.27. The van der Waals surface area contributed by atoms with E-state index in [0.717, 1.165) is 6.07 Å². The van der Waals surface area contributed by atoms with E-state index in [1.807, 2.05) is 11.0 Å². The van der Waals surface area contributed by atoms with Crippen LogP contribution in [0.3, 0.4) is 0 Å². The molecule has 1 aliphatic rings. The molecular weight excluding hydrogens is 457 g/mol. The first-order valence-corrected chi connectivity index (χ1v) is 10.8. The lowest BCUT2D eigenvalue weighted by atomic mass is 10.1. The number of carbonyl (C=O) groups excluding carboxylic acids is 1. The number of hydrogen-bond acceptors (Lipinski definition) is 4. The molecule has 10 heteroatoms. The topological polar surface area (TPSA) is 50.6 Å². The van der Waals surface area contributed by atoms with Crippen molar-refractivity contribution < 1.29 is 22.7 Å². The van der Waals surface area contributed by atoms with Gasteiger partial charge in [-0.15, -0.1) is 0 Å². The van der Waals surface area contributed by atoms with Crippen molar-refractivity contribution in [3.05, 3.63) is 82.6 Å². The molecule has 1 aliphatic heterocycles. The number of halogens is 4. The highest BCUT2D eigenvalue weighted by atomic mass is 35.5. The number of carbonyl (C=O) groups is 1. The van der Waals surface area contributed by atoms with Crippen molar-refractivity contribution >= 4 is 17.5 Å². The lowest BCUT2D eigenvalue weighted by Gasteiger charge is -2.34. The average molecular weight is 479 g/mol. The molecule has 4 rings (SSSR count). The zero-order chi connectivity index (χ0) is 23.4. The van der Waals surface area contributed by atoms with Crippen LogP contribution in [-0.2, 0) is 19.5 Å². The van der Waals surface area contributed by atoms with Crippen LogP contribution in [0.2, 0.25) is 5.02 Å². The van der Waals surface area contributed by atoms with Gasteiger partial charge in [0.05, 0.1) is 10.6 Å². The van der Waals surface area contributed by atoms with Gasteiger partial charge in [0.15, 0.2) is 12.4 Å². The molecule has 0 unspecified atom stereocenters. The van der Waals surface area contributed by atoms with Crippen molar-refractivity contribution in [2.45, 2.75) is 19.5 Å². The Morgan fingerprint density at radius 1 is 1.03 bits per heavy atom. The zero-order valence-electron chi connectivity index (χ0n) is 17.6. The van der Waals surface area contributed by atoms with Crippen molar-refractivity contribution in [1.82, 2.24) is 19.6 Å². The highest BCUT2D eigenvalue weighted by Crippen LogP contribution is 2.30. The second-order valence-electron chi connectivity index (χ2n) is 7.71. The fourth-order valence-electron chi connectivity index (χ4n) is 3.62. The molecule has 2 heterocycles. The number of benzene rings is 2. The first kappa shape index (κ1) is 23.1. The van der Waals surface area contributed by atoms with Gasteiger partial charge in [0.1, 0.15) is 5.75 Å². The number of rotatable bonds is 6. The van der Waals surface area contributed by atoms with Gasteiger partial charge in [0, 0.05) is 38.9 Å². The Morgan fingerprint density at radius 3 is 2.52 bits per heavy atom. The standard InChI is InChI=1S/C23H22ClF3N4O2/c24-19-6-1-2-7-21(19)33-16-31-9-8-20(28-31)22(32)30-12-10-29(11-13-30)15-17-4-3-5-18(14-17)23(25,26)27/h1-9,14H,10-13,15-16H2. The molecule has 1 aromatic heterocycles. The van der Waals surface area contributed by atoms with E-state index in [2.05, 4.69) is 5.10 Å². The Hall–Kier alpha value is -3.04. The van der Waals surface area contributed by atoms with Gasteiger partial charge in [-0.1, -0.05) is 41.9 Å². The zero-order valence-corrected chi connectivity index (χ0v) is 18.4. The van der Waals surface area contributed by atoms with Gasteiger partial charge >= 0.3 is 6.18 Å². The second-order valence-corrected chi connectivity index (χ2v) is 8.12. The van der Waals surface area contributed by atoms with E-state index in [1.165, 1.54) is 16.8 Å². The summed E-state index contributed by atoms with van der Waals surface area (Å²) < 4.78 is 45.9. The third-order valence-corrected chi connectivity index (χ3v) is 5.68. The monoisotopic (exact) mass is 478 g/mol. The Bertz CT molecular complexity index is 1110. The molecule has 0 saturated carbocycles. The number of nitrogens with zero attached hydrogens (tertiary/aromatic N) is 4. The minimum Gasteiger partial charge on any atom is -0.470 e. The molecule has 1 amide bonds. The van der Waals surface area contributed by atoms with Crippen LogP contribution in [-0.4, -0.2) is 51.7 Å². The number of aromatic nitrogens is 2. The van der Waals surface area contributed by atoms with Gasteiger partial charge in [0.2, 0.25) is 0 Å². The summed E-state index contributed by atoms with van der Waals surface area (Å²) in [6.45, 7) is 2.60. The van der Waals surface area contributed by atoms with Crippen LogP contribution in [0.25, 0.3) is 0 Å². The van der Waals surface area contributed by atoms with Gasteiger partial charge in [-0.3, -0.25) is 9.69 Å². The Morgan fingerprint density at radius 2 is 1.79 bits per heavy atom. The summed E-state index contributed by atoms with van der Waals surface area (Å²) >= 11 is 6.07. The molecule has 0 radical (unpaired) electrons. The minimum atomic E-state index is -4.36. The normalized spacial score (nSPS) is 15.0. The van der Waals surface area contributed by atoms with E-state index in [1.54, 1.807) is 41.4 Å². The molecule has 6 nitrogen and oxygen atoms in total. The van der Waals surface area contributed by atoms with Crippen LogP contribution in [0.1, 0.15) is 21.6 Å². The fourth-order valence-corrected chi connectivity index (χ4v) is 3.81. The SMILES string of the molecule is O=C(c1ccn(COc2ccccc2Cl)n1)N1CCN(Cc2cccc(C(F)(F)F)c2)CC1. The van der Waals surface area contributed by atoms with Crippen LogP contribution in [0, 0.1) is 0 Å². The molecule has 0 N–H and O–H groups in total. The summed E-state index contributed by atoms with van der Waals surface area (Å²) in [4.78, 5) is 16.5. The molecule has 1 fully saturated rings. The van der Waals surface area contributed by atoms with E-state index in [9.17, 15) is 18.0 Å². The molecule has 0 atom stereocenters. The maximum atomic E-state index is 12.9. The second kappa shape index (κ2) is 9.84. The van der Waals surface area contributed by atoms with Gasteiger partial charge in [-0.25, -0.2) is 4.68 Å². The number of para-hydroxylation sites is 1. The van der Waals surface area contributed by atoms with E-state index in [0.29, 0.717) is 54.8 Å². The third kappa shape index (κ3) is 5.85. The van der Waals surface area contributed by atoms with Crippen molar-refractivity contribution in [3.63, 3.8) is 0 Å². The van der Waals surface area contributed by atoms with Crippen LogP contribution in [0.5, 0.6) is 5.75 Å². The number of amides is 1. The minimum absolute atomic E-state index is 0.113. The summed E-state index contributed by atoms with van der Waals surface area (Å²) in [5.41, 5.74) is 0.258. The predicted molar refractivity (Wildman–Crippen MR) is 117 cm³/mol. The fraction of sp³-hybridized carbons (Fsp3) is 0.304. The predicted octanol–water partition coefficient (Wildman–Crippen LogP) is 4.55. The van der Waals surface area contributed by atoms with E-state index in [4.69, 9.17) is 16.3 Å². The van der Waals surface area contributed by atoms with Crippen molar-refractivity contribution in [2.75, 3.05) is 26.2 Å². The molecular formula is C23H22ClF3N4O2. The number of hydrogen-bond donors (Lipinski definition) is 0. The van der Waals surface area contributed by atoms with Gasteiger partial charge in [-0.2, -0.15) is 18.3 Å². The largest absolute Gasteiger partial charge is 0.470 e. The van der Waals surface area contributed by atoms with E-state index in [-0.39, 0.29) is 12.6 Å². The van der Waals surface area contributed by atoms with Gasteiger partial charge in [-0.05, 0) is 29.8 Å². The van der Waals surface area contributed by atoms with Crippen LogP contribution in [0.15, 0.2) is 60.8 Å². The van der Waals surface area contributed by atoms with Crippen LogP contribution >= 0.6 is 11.6 Å². The molecule has 2 aromatic carbocycles. The third-order valence-electron chi connectivity index (χ3n) is 5.37. The Balaban J connectivity index is 1.29. The highest BCUT2D eigenvalue weighted by molar-refractivity contribution is 6.32. The van der Waals surface area contributed by atoms with Crippen molar-refractivity contribution in [1.29, 1.82) is 0 Å². The first-order chi connectivity index (χ1) is 15.8. The summed E-state index contributed by atoms with van der Waals surface area (Å²) in [5.74, 6) is 0.338. The lowest BCUT2D eigenvalue weighted by Crippen LogP contribution is -2.48. The van der Waals surface area contributed by atoms with E-state index >= 15 is 0 Å². The molecule has 0 spiro atoms. The Kier molecular flexibility index (Phi) is 6.90. The van der Waals surface area contributed by atoms with Crippen LogP contribution in [0.4, 0.5) is 13.2 Å². The molecule has 0 aliphatic carbocycles. The molecule has 3 aromatic rings. The summed E-state index contributed by atoms with van der Waals surface area (Å²) in [5, 5.41) is 4.78. The summed E-state index contributed by atoms with van der Waals surface area (Å²) in [6.07, 6.45) is -2.70. The van der Waals surface area contributed by atoms with Gasteiger partial charge < -0.3 is 9.64 Å². The van der Waals surface area contributed by atoms with Crippen molar-refractivity contribution in [3.8, 4) is 5.75 Å². The summed E-state index contributed by atoms with van der Waals surface area (Å²) in [7, 11) is 0. The molecule has 1 saturated heterocycles. The van der Waals surface area contributed by atoms with Crippen molar-refractivity contribution in [2.24, 2.45) is 0 Å². The van der Waals surface area contributed by atoms with Gasteiger partial charge in [0.25, 0.3) is 5.91 Å². The Labute approximate surface area is 194 Å². The molecule has 174 valence electrons. The lowest BCUT2D eigenvalue weighted by molar-refractivity contribution is -0.137.